The highest BCUT2D eigenvalue weighted by Crippen LogP contribution is 2.44. The Morgan fingerprint density at radius 2 is 1.98 bits per heavy atom. The number of pyridine rings is 1. The summed E-state index contributed by atoms with van der Waals surface area (Å²) in [4.78, 5) is 31.1. The number of aromatic nitrogens is 6. The van der Waals surface area contributed by atoms with Crippen LogP contribution in [0.1, 0.15) is 36.8 Å². The van der Waals surface area contributed by atoms with Gasteiger partial charge in [-0.25, -0.2) is 22.5 Å². The lowest BCUT2D eigenvalue weighted by atomic mass is 9.95. The number of halogens is 7. The molecule has 4 aromatic rings. The van der Waals surface area contributed by atoms with Gasteiger partial charge in [-0.15, -0.1) is 10.2 Å². The Morgan fingerprint density at radius 3 is 2.69 bits per heavy atom. The van der Waals surface area contributed by atoms with Crippen molar-refractivity contribution in [2.24, 2.45) is 0 Å². The number of rotatable bonds is 6. The van der Waals surface area contributed by atoms with E-state index in [0.717, 1.165) is 36.5 Å². The molecule has 3 aromatic heterocycles. The molecule has 1 unspecified atom stereocenters. The molecule has 0 saturated carbocycles. The number of carbonyl (C=O) groups is 1. The van der Waals surface area contributed by atoms with E-state index in [4.69, 9.17) is 22.1 Å². The molecular formula is C32H30ClF6N11O2. The maximum atomic E-state index is 16.7. The summed E-state index contributed by atoms with van der Waals surface area (Å²) >= 11 is 6.01. The topological polar surface area (TPSA) is 155 Å². The third-order valence-electron chi connectivity index (χ3n) is 9.95. The molecule has 7 rings (SSSR count). The van der Waals surface area contributed by atoms with E-state index in [1.165, 1.54) is 4.90 Å². The third kappa shape index (κ3) is 6.06. The Labute approximate surface area is 296 Å². The highest BCUT2D eigenvalue weighted by Gasteiger charge is 2.49. The predicted molar refractivity (Wildman–Crippen MR) is 174 cm³/mol. The van der Waals surface area contributed by atoms with Crippen LogP contribution in [0.4, 0.5) is 42.6 Å². The Bertz CT molecular complexity index is 2110. The summed E-state index contributed by atoms with van der Waals surface area (Å²) in [6, 6.07) is 1.15. The molecule has 52 heavy (non-hydrogen) atoms. The number of hydrogen-bond acceptors (Lipinski definition) is 11. The fourth-order valence-corrected chi connectivity index (χ4v) is 7.78. The van der Waals surface area contributed by atoms with E-state index in [2.05, 4.69) is 25.1 Å². The maximum Gasteiger partial charge on any atom is 0.417 e. The van der Waals surface area contributed by atoms with Gasteiger partial charge in [0, 0.05) is 38.8 Å². The van der Waals surface area contributed by atoms with Crippen molar-refractivity contribution in [2.75, 3.05) is 50.0 Å². The summed E-state index contributed by atoms with van der Waals surface area (Å²) < 4.78 is 96.6. The van der Waals surface area contributed by atoms with E-state index in [9.17, 15) is 27.6 Å². The number of fused-ring (bicyclic) bond motifs is 2. The molecule has 0 radical (unpaired) electrons. The quantitative estimate of drug-likeness (QED) is 0.206. The fourth-order valence-electron chi connectivity index (χ4n) is 7.62. The Balaban J connectivity index is 1.33. The molecule has 1 amide bonds. The number of nitrogens with two attached hydrogens (primary N) is 1. The van der Waals surface area contributed by atoms with Gasteiger partial charge >= 0.3 is 18.2 Å². The molecule has 6 heterocycles. The van der Waals surface area contributed by atoms with Gasteiger partial charge in [-0.1, -0.05) is 0 Å². The van der Waals surface area contributed by atoms with Gasteiger partial charge in [0.25, 0.3) is 0 Å². The average Bonchev–Trinajstić information content (AvgIpc) is 3.78. The Morgan fingerprint density at radius 1 is 1.19 bits per heavy atom. The van der Waals surface area contributed by atoms with Crippen LogP contribution in [0, 0.1) is 29.9 Å². The second kappa shape index (κ2) is 13.2. The number of piperazine rings is 1. The van der Waals surface area contributed by atoms with E-state index >= 15 is 8.78 Å². The molecule has 3 saturated heterocycles. The lowest BCUT2D eigenvalue weighted by Gasteiger charge is -2.41. The fraction of sp³-hybridized carbons (Fsp3) is 0.469. The minimum absolute atomic E-state index is 0.0174. The van der Waals surface area contributed by atoms with Crippen molar-refractivity contribution < 1.29 is 35.9 Å². The van der Waals surface area contributed by atoms with Gasteiger partial charge in [0.2, 0.25) is 5.28 Å². The zero-order chi connectivity index (χ0) is 37.1. The zero-order valence-corrected chi connectivity index (χ0v) is 28.2. The molecule has 0 bridgehead atoms. The van der Waals surface area contributed by atoms with Crippen LogP contribution in [-0.2, 0) is 6.18 Å². The van der Waals surface area contributed by atoms with Crippen LogP contribution >= 0.6 is 11.6 Å². The molecule has 3 fully saturated rings. The van der Waals surface area contributed by atoms with Crippen molar-refractivity contribution in [3.63, 3.8) is 0 Å². The number of amides is 1. The van der Waals surface area contributed by atoms with Gasteiger partial charge in [-0.05, 0) is 49.5 Å². The van der Waals surface area contributed by atoms with Gasteiger partial charge in [-0.2, -0.15) is 28.4 Å². The van der Waals surface area contributed by atoms with Gasteiger partial charge in [0.05, 0.1) is 46.3 Å². The molecule has 2 N–H and O–H groups in total. The second-order valence-electron chi connectivity index (χ2n) is 13.1. The van der Waals surface area contributed by atoms with Crippen LogP contribution in [0.3, 0.4) is 0 Å². The molecule has 0 spiro atoms. The van der Waals surface area contributed by atoms with Gasteiger partial charge in [-0.3, -0.25) is 9.88 Å². The van der Waals surface area contributed by atoms with Gasteiger partial charge in [0.1, 0.15) is 36.1 Å². The van der Waals surface area contributed by atoms with Crippen molar-refractivity contribution in [1.29, 1.82) is 5.26 Å². The zero-order valence-electron chi connectivity index (χ0n) is 27.5. The minimum Gasteiger partial charge on any atom is -0.461 e. The van der Waals surface area contributed by atoms with Crippen LogP contribution in [0.25, 0.3) is 22.2 Å². The van der Waals surface area contributed by atoms with Crippen LogP contribution in [0.15, 0.2) is 18.6 Å². The molecule has 0 aliphatic carbocycles. The number of aryl methyl sites for hydroxylation is 1. The SMILES string of the molecule is Cc1cc(N)c(F)c(-c2ncc3c(N4CCN(C(=O)n5cnnc5Cl)C(CC#N)C4)nc(OC[C@@]45CCCN4C[C@H](F)C5)nc3c2F)c1C(F)(F)F. The van der Waals surface area contributed by atoms with E-state index in [1.54, 1.807) is 4.90 Å². The molecular weight excluding hydrogens is 720 g/mol. The summed E-state index contributed by atoms with van der Waals surface area (Å²) in [7, 11) is 0. The lowest BCUT2D eigenvalue weighted by molar-refractivity contribution is -0.137. The van der Waals surface area contributed by atoms with Crippen molar-refractivity contribution in [1.82, 2.24) is 39.5 Å². The van der Waals surface area contributed by atoms with Gasteiger partial charge < -0.3 is 20.3 Å². The normalized spacial score (nSPS) is 22.2. The summed E-state index contributed by atoms with van der Waals surface area (Å²) in [5, 5.41) is 16.6. The molecule has 274 valence electrons. The number of hydrogen-bond donors (Lipinski definition) is 1. The smallest absolute Gasteiger partial charge is 0.417 e. The lowest BCUT2D eigenvalue weighted by Crippen LogP contribution is -2.56. The molecule has 3 aliphatic rings. The monoisotopic (exact) mass is 749 g/mol. The van der Waals surface area contributed by atoms with E-state index in [1.807, 2.05) is 11.0 Å². The number of anilines is 2. The summed E-state index contributed by atoms with van der Waals surface area (Å²) in [6.07, 6.45) is -2.52. The number of nitriles is 1. The summed E-state index contributed by atoms with van der Waals surface area (Å²) in [6.45, 7) is 1.98. The average molecular weight is 750 g/mol. The standard InChI is InChI=1S/C32H30ClF6N11O2/c1-16-9-20(41)23(35)21(22(16)32(37,38)39)26-24(36)25-19(11-42-26)27(45-29(44-25)52-14-31-4-2-6-48(31)12-17(34)10-31)47-7-8-49(18(13-47)3-5-40)30(51)50-15-43-46-28(50)33/h9,11,15,17-18H,2-4,6-8,10,12-14,41H2,1H3/t17-,18?,31+/m1/s1. The van der Waals surface area contributed by atoms with E-state index in [-0.39, 0.29) is 68.1 Å². The highest BCUT2D eigenvalue weighted by molar-refractivity contribution is 6.29. The Hall–Kier alpha value is -4.96. The van der Waals surface area contributed by atoms with Crippen LogP contribution in [0.5, 0.6) is 6.01 Å². The summed E-state index contributed by atoms with van der Waals surface area (Å²) in [5.41, 5.74) is -0.181. The number of alkyl halides is 4. The first-order valence-electron chi connectivity index (χ1n) is 16.2. The van der Waals surface area contributed by atoms with Crippen molar-refractivity contribution in [2.45, 2.75) is 56.5 Å². The van der Waals surface area contributed by atoms with E-state index in [0.29, 0.717) is 13.0 Å². The minimum atomic E-state index is -5.10. The third-order valence-corrected chi connectivity index (χ3v) is 10.2. The van der Waals surface area contributed by atoms with Crippen molar-refractivity contribution in [3.8, 4) is 23.3 Å². The Kier molecular flexibility index (Phi) is 9.01. The van der Waals surface area contributed by atoms with Crippen LogP contribution < -0.4 is 15.4 Å². The van der Waals surface area contributed by atoms with Gasteiger partial charge in [0.15, 0.2) is 11.6 Å². The molecule has 13 nitrogen and oxygen atoms in total. The molecule has 3 atom stereocenters. The number of benzene rings is 1. The van der Waals surface area contributed by atoms with Crippen molar-refractivity contribution in [3.05, 3.63) is 46.6 Å². The van der Waals surface area contributed by atoms with E-state index < -0.39 is 75.2 Å². The second-order valence-corrected chi connectivity index (χ2v) is 13.5. The first-order chi connectivity index (χ1) is 24.7. The van der Waals surface area contributed by atoms with Crippen LogP contribution in [-0.4, -0.2) is 103 Å². The number of nitrogens with zero attached hydrogens (tertiary/aromatic N) is 10. The molecule has 3 aliphatic heterocycles. The first kappa shape index (κ1) is 35.4. The highest BCUT2D eigenvalue weighted by atomic mass is 35.5. The number of carbonyl (C=O) groups excluding carboxylic acids is 1. The first-order valence-corrected chi connectivity index (χ1v) is 16.6. The van der Waals surface area contributed by atoms with Crippen molar-refractivity contribution >= 4 is 40.0 Å². The molecule has 20 heteroatoms. The number of nitrogen functional groups attached to an aromatic ring is 1. The largest absolute Gasteiger partial charge is 0.461 e. The summed E-state index contributed by atoms with van der Waals surface area (Å²) in [5.74, 6) is -2.87. The predicted octanol–water partition coefficient (Wildman–Crippen LogP) is 5.15. The van der Waals surface area contributed by atoms with Crippen LogP contribution in [0.2, 0.25) is 5.28 Å². The molecule has 1 aromatic carbocycles. The number of ether oxygens (including phenoxy) is 1. The maximum absolute atomic E-state index is 16.7.